The second-order valence-electron chi connectivity index (χ2n) is 6.48. The number of rotatable bonds is 0. The summed E-state index contributed by atoms with van der Waals surface area (Å²) in [5.74, 6) is -0.958. The molecular weight excluding hydrogens is 312 g/mol. The summed E-state index contributed by atoms with van der Waals surface area (Å²) in [4.78, 5) is 20.9. The van der Waals surface area contributed by atoms with Gasteiger partial charge in [0.25, 0.3) is 0 Å². The van der Waals surface area contributed by atoms with Crippen LogP contribution in [-0.4, -0.2) is 23.8 Å². The van der Waals surface area contributed by atoms with E-state index in [0.717, 1.165) is 0 Å². The van der Waals surface area contributed by atoms with Crippen molar-refractivity contribution < 1.29 is 30.0 Å². The first kappa shape index (κ1) is 20.1. The summed E-state index contributed by atoms with van der Waals surface area (Å²) in [6, 6.07) is 0. The number of allylic oxidation sites excluding steroid dienone is 4. The van der Waals surface area contributed by atoms with Crippen LogP contribution in [0.15, 0.2) is 34.8 Å². The smallest absolute Gasteiger partial charge is 0.186 e. The van der Waals surface area contributed by atoms with Gasteiger partial charge in [-0.2, -0.15) is 0 Å². The third-order valence-corrected chi connectivity index (χ3v) is 4.83. The summed E-state index contributed by atoms with van der Waals surface area (Å²) in [6.07, 6.45) is -1.17. The molecule has 1 saturated carbocycles. The van der Waals surface area contributed by atoms with E-state index in [0.29, 0.717) is 11.1 Å². The summed E-state index contributed by atoms with van der Waals surface area (Å²) < 4.78 is 0. The minimum absolute atomic E-state index is 0.00926. The van der Waals surface area contributed by atoms with Crippen molar-refractivity contribution in [1.82, 2.24) is 0 Å². The molecule has 1 atom stereocenters. The second kappa shape index (κ2) is 7.32. The number of hydrogen-bond donors (Lipinski definition) is 0. The van der Waals surface area contributed by atoms with Gasteiger partial charge in [-0.05, 0) is 25.0 Å². The van der Waals surface area contributed by atoms with Crippen LogP contribution in [0.4, 0.5) is 0 Å². The van der Waals surface area contributed by atoms with Gasteiger partial charge in [0, 0.05) is 11.5 Å². The average molecular weight is 334 g/mol. The molecular formula is C18H22O6-4. The summed E-state index contributed by atoms with van der Waals surface area (Å²) in [6.45, 7) is 11.4. The first-order chi connectivity index (χ1) is 10.9. The van der Waals surface area contributed by atoms with Crippen LogP contribution in [0.5, 0.6) is 0 Å². The highest BCUT2D eigenvalue weighted by atomic mass is 16.3. The van der Waals surface area contributed by atoms with E-state index < -0.39 is 12.2 Å². The highest BCUT2D eigenvalue weighted by Gasteiger charge is 2.28. The number of ketones is 2. The number of carbonyl (C=O) groups excluding carboxylic acids is 2. The fourth-order valence-corrected chi connectivity index (χ4v) is 2.59. The Morgan fingerprint density at radius 3 is 1.42 bits per heavy atom. The Labute approximate surface area is 141 Å². The molecule has 24 heavy (non-hydrogen) atoms. The standard InChI is InChI=1S/C6H10O2.C6H8O2.C6H6O2/c3*1-3-5(7)4(2)6(3)8/h3-6H,1-2H3;3,7H,1-2H3;7H,1H2,2H3/q-2;;/p-2. The molecule has 0 spiro atoms. The minimum atomic E-state index is -0.586. The highest BCUT2D eigenvalue weighted by molar-refractivity contribution is 6.17. The lowest BCUT2D eigenvalue weighted by Gasteiger charge is -2.58. The summed E-state index contributed by atoms with van der Waals surface area (Å²) in [5, 5.41) is 42.2. The van der Waals surface area contributed by atoms with Gasteiger partial charge in [-0.3, -0.25) is 9.59 Å². The maximum absolute atomic E-state index is 10.7. The van der Waals surface area contributed by atoms with Gasteiger partial charge in [-0.15, -0.1) is 18.0 Å². The van der Waals surface area contributed by atoms with Crippen LogP contribution in [0.2, 0.25) is 0 Å². The summed E-state index contributed by atoms with van der Waals surface area (Å²) >= 11 is 0. The average Bonchev–Trinajstić information content (AvgIpc) is 2.63. The number of carbonyl (C=O) groups is 2. The maximum Gasteiger partial charge on any atom is 0.186 e. The van der Waals surface area contributed by atoms with Crippen LogP contribution in [-0.2, 0) is 9.59 Å². The van der Waals surface area contributed by atoms with Gasteiger partial charge in [-0.25, -0.2) is 0 Å². The van der Waals surface area contributed by atoms with E-state index in [9.17, 15) is 30.0 Å². The molecule has 0 heterocycles. The predicted molar refractivity (Wildman–Crippen MR) is 79.6 cm³/mol. The monoisotopic (exact) mass is 334 g/mol. The Morgan fingerprint density at radius 2 is 1.29 bits per heavy atom. The van der Waals surface area contributed by atoms with E-state index in [4.69, 9.17) is 0 Å². The lowest BCUT2D eigenvalue weighted by atomic mass is 9.71. The molecule has 0 amide bonds. The second-order valence-corrected chi connectivity index (χ2v) is 6.48. The van der Waals surface area contributed by atoms with Crippen molar-refractivity contribution in [2.24, 2.45) is 17.8 Å². The van der Waals surface area contributed by atoms with Crippen LogP contribution < -0.4 is 20.4 Å². The van der Waals surface area contributed by atoms with Gasteiger partial charge in [0.1, 0.15) is 0 Å². The van der Waals surface area contributed by atoms with Crippen LogP contribution >= 0.6 is 0 Å². The molecule has 0 radical (unpaired) electrons. The van der Waals surface area contributed by atoms with Gasteiger partial charge in [-0.1, -0.05) is 44.9 Å². The van der Waals surface area contributed by atoms with Crippen molar-refractivity contribution in [2.45, 2.75) is 46.8 Å². The molecule has 1 unspecified atom stereocenters. The van der Waals surface area contributed by atoms with Crippen molar-refractivity contribution in [3.05, 3.63) is 34.8 Å². The molecule has 1 fully saturated rings. The molecule has 3 aliphatic carbocycles. The van der Waals surface area contributed by atoms with Crippen molar-refractivity contribution in [1.29, 1.82) is 0 Å². The van der Waals surface area contributed by atoms with Crippen LogP contribution in [0.3, 0.4) is 0 Å². The van der Waals surface area contributed by atoms with E-state index in [2.05, 4.69) is 6.58 Å². The first-order valence-electron chi connectivity index (χ1n) is 7.78. The molecule has 0 aromatic carbocycles. The van der Waals surface area contributed by atoms with Gasteiger partial charge in [0.15, 0.2) is 11.6 Å². The molecule has 134 valence electrons. The fraction of sp³-hybridized carbons (Fsp3) is 0.556. The third kappa shape index (κ3) is 3.44. The highest BCUT2D eigenvalue weighted by Crippen LogP contribution is 2.29. The van der Waals surface area contributed by atoms with E-state index in [1.54, 1.807) is 27.7 Å². The van der Waals surface area contributed by atoms with Crippen LogP contribution in [0.25, 0.3) is 0 Å². The van der Waals surface area contributed by atoms with Crippen molar-refractivity contribution in [2.75, 3.05) is 0 Å². The molecule has 3 aliphatic rings. The van der Waals surface area contributed by atoms with Crippen molar-refractivity contribution >= 4 is 11.6 Å². The summed E-state index contributed by atoms with van der Waals surface area (Å²) in [7, 11) is 0. The Morgan fingerprint density at radius 1 is 0.875 bits per heavy atom. The maximum atomic E-state index is 10.7. The quantitative estimate of drug-likeness (QED) is 0.487. The molecule has 0 aromatic heterocycles. The molecule has 3 rings (SSSR count). The summed E-state index contributed by atoms with van der Waals surface area (Å²) in [5.41, 5.74) is 0.856. The molecule has 0 N–H and O–H groups in total. The van der Waals surface area contributed by atoms with E-state index in [-0.39, 0.29) is 46.4 Å². The van der Waals surface area contributed by atoms with Gasteiger partial charge < -0.3 is 20.4 Å². The Balaban J connectivity index is 0.000000180. The van der Waals surface area contributed by atoms with Gasteiger partial charge in [0.05, 0.1) is 0 Å². The van der Waals surface area contributed by atoms with E-state index >= 15 is 0 Å². The van der Waals surface area contributed by atoms with Crippen molar-refractivity contribution in [3.63, 3.8) is 0 Å². The molecule has 6 nitrogen and oxygen atoms in total. The first-order valence-corrected chi connectivity index (χ1v) is 7.78. The lowest BCUT2D eigenvalue weighted by molar-refractivity contribution is -0.558. The van der Waals surface area contributed by atoms with E-state index in [1.807, 2.05) is 0 Å². The Hall–Kier alpha value is -1.92. The SMILES string of the molecule is C=C1C(=O)C(C)=C1[O-].CC1=C([O-])C(C)C1=O.CC1C([O-])C(C)C1[O-]. The zero-order valence-electron chi connectivity index (χ0n) is 14.5. The zero-order chi connectivity index (χ0) is 18.9. The van der Waals surface area contributed by atoms with Gasteiger partial charge >= 0.3 is 0 Å². The zero-order valence-corrected chi connectivity index (χ0v) is 14.5. The fourth-order valence-electron chi connectivity index (χ4n) is 2.59. The molecule has 0 saturated heterocycles. The third-order valence-electron chi connectivity index (χ3n) is 4.83. The van der Waals surface area contributed by atoms with E-state index in [1.165, 1.54) is 6.92 Å². The van der Waals surface area contributed by atoms with Crippen LogP contribution in [0.1, 0.15) is 34.6 Å². The minimum Gasteiger partial charge on any atom is -0.875 e. The molecule has 0 aliphatic heterocycles. The normalized spacial score (nSPS) is 34.3. The molecule has 0 aromatic rings. The van der Waals surface area contributed by atoms with Gasteiger partial charge in [0.2, 0.25) is 0 Å². The Bertz CT molecular complexity index is 573. The molecule has 0 bridgehead atoms. The molecule has 6 heteroatoms. The Kier molecular flexibility index (Phi) is 6.14. The number of hydrogen-bond acceptors (Lipinski definition) is 6. The largest absolute Gasteiger partial charge is 0.875 e. The number of Topliss-reactive ketones (excluding diaryl/α,β-unsaturated/α-hetero) is 2. The van der Waals surface area contributed by atoms with Crippen molar-refractivity contribution in [3.8, 4) is 0 Å². The van der Waals surface area contributed by atoms with Crippen LogP contribution in [0, 0.1) is 17.8 Å². The topological polar surface area (TPSA) is 126 Å². The predicted octanol–water partition coefficient (Wildman–Crippen LogP) is -1.67. The lowest BCUT2D eigenvalue weighted by Crippen LogP contribution is -2.64.